The number of alkyl halides is 2. The molecule has 2 aromatic rings. The molecule has 0 spiro atoms. The van der Waals surface area contributed by atoms with Crippen molar-refractivity contribution in [2.45, 2.75) is 31.5 Å². The van der Waals surface area contributed by atoms with Crippen molar-refractivity contribution in [1.82, 2.24) is 10.8 Å². The molecule has 0 aliphatic carbocycles. The Hall–Kier alpha value is -3.32. The highest BCUT2D eigenvalue weighted by Gasteiger charge is 2.44. The molecule has 9 heteroatoms. The van der Waals surface area contributed by atoms with Gasteiger partial charge in [0, 0.05) is 16.7 Å². The van der Waals surface area contributed by atoms with Crippen molar-refractivity contribution in [3.05, 3.63) is 70.8 Å². The van der Waals surface area contributed by atoms with Crippen molar-refractivity contribution in [2.75, 3.05) is 0 Å². The van der Waals surface area contributed by atoms with E-state index in [4.69, 9.17) is 16.0 Å². The molecule has 1 unspecified atom stereocenters. The summed E-state index contributed by atoms with van der Waals surface area (Å²) in [5, 5.41) is 19.9. The highest BCUT2D eigenvalue weighted by atomic mass is 19.3. The van der Waals surface area contributed by atoms with Gasteiger partial charge in [-0.05, 0) is 48.9 Å². The molecule has 0 bridgehead atoms. The van der Waals surface area contributed by atoms with Gasteiger partial charge in [0.25, 0.3) is 18.2 Å². The highest BCUT2D eigenvalue weighted by Crippen LogP contribution is 2.18. The summed E-state index contributed by atoms with van der Waals surface area (Å²) in [6.07, 6.45) is -3.14. The first-order valence-corrected chi connectivity index (χ1v) is 8.82. The standard InChI is InChI=1S/C21H21F2N3O4/c1-21(24,20(22)23)17(19(29)26-30)25-18(28)16-10-8-14(9-11-16)3-2-13-4-6-15(12-27)7-5-13/h4-11,17,20,27,30H,12,24H2,1H3,(H,25,28)(H,26,29)/t17-,21?/m1/s1. The number of hydrogen-bond acceptors (Lipinski definition) is 5. The Morgan fingerprint density at radius 1 is 1.07 bits per heavy atom. The maximum absolute atomic E-state index is 13.2. The fourth-order valence-corrected chi connectivity index (χ4v) is 2.45. The third-order valence-corrected chi connectivity index (χ3v) is 4.37. The van der Waals surface area contributed by atoms with Crippen LogP contribution in [0.2, 0.25) is 0 Å². The molecule has 0 aliphatic rings. The third-order valence-electron chi connectivity index (χ3n) is 4.37. The predicted molar refractivity (Wildman–Crippen MR) is 105 cm³/mol. The van der Waals surface area contributed by atoms with Crippen molar-refractivity contribution < 1.29 is 28.7 Å². The minimum Gasteiger partial charge on any atom is -0.392 e. The van der Waals surface area contributed by atoms with Crippen LogP contribution in [-0.4, -0.2) is 40.1 Å². The fraction of sp³-hybridized carbons (Fsp3) is 0.238. The molecular weight excluding hydrogens is 396 g/mol. The molecule has 7 nitrogen and oxygen atoms in total. The van der Waals surface area contributed by atoms with Gasteiger partial charge in [-0.2, -0.15) is 0 Å². The normalized spacial score (nSPS) is 13.6. The molecule has 0 saturated heterocycles. The molecule has 0 radical (unpaired) electrons. The summed E-state index contributed by atoms with van der Waals surface area (Å²) in [6, 6.07) is 11.1. The summed E-state index contributed by atoms with van der Waals surface area (Å²) in [4.78, 5) is 24.1. The number of hydroxylamine groups is 1. The van der Waals surface area contributed by atoms with Crippen LogP contribution in [-0.2, 0) is 11.4 Å². The SMILES string of the molecule is CC(N)(C(F)F)[C@H](NC(=O)c1ccc(C#Cc2ccc(CO)cc2)cc1)C(=O)NO. The number of aliphatic hydroxyl groups is 1. The number of aliphatic hydroxyl groups excluding tert-OH is 1. The van der Waals surface area contributed by atoms with E-state index in [9.17, 15) is 18.4 Å². The zero-order valence-corrected chi connectivity index (χ0v) is 16.0. The van der Waals surface area contributed by atoms with Crippen LogP contribution in [0.15, 0.2) is 48.5 Å². The molecule has 0 aliphatic heterocycles. The summed E-state index contributed by atoms with van der Waals surface area (Å²) < 4.78 is 26.3. The van der Waals surface area contributed by atoms with Gasteiger partial charge in [-0.1, -0.05) is 24.0 Å². The van der Waals surface area contributed by atoms with Crippen LogP contribution in [0.4, 0.5) is 8.78 Å². The van der Waals surface area contributed by atoms with E-state index in [1.165, 1.54) is 17.6 Å². The number of hydrogen-bond donors (Lipinski definition) is 5. The van der Waals surface area contributed by atoms with Gasteiger partial charge in [0.05, 0.1) is 6.61 Å². The number of nitrogens with two attached hydrogens (primary N) is 1. The van der Waals surface area contributed by atoms with E-state index in [1.807, 2.05) is 0 Å². The second kappa shape index (κ2) is 9.93. The van der Waals surface area contributed by atoms with Crippen molar-refractivity contribution in [3.8, 4) is 11.8 Å². The van der Waals surface area contributed by atoms with Gasteiger partial charge in [0.2, 0.25) is 0 Å². The largest absolute Gasteiger partial charge is 0.392 e. The van der Waals surface area contributed by atoms with Crippen molar-refractivity contribution in [2.24, 2.45) is 5.73 Å². The molecule has 0 saturated carbocycles. The first-order valence-electron chi connectivity index (χ1n) is 8.82. The van der Waals surface area contributed by atoms with Gasteiger partial charge in [0.15, 0.2) is 0 Å². The van der Waals surface area contributed by atoms with Gasteiger partial charge in [-0.15, -0.1) is 0 Å². The van der Waals surface area contributed by atoms with E-state index >= 15 is 0 Å². The summed E-state index contributed by atoms with van der Waals surface area (Å²) in [6.45, 7) is 0.836. The smallest absolute Gasteiger partial charge is 0.268 e. The molecule has 0 aromatic heterocycles. The monoisotopic (exact) mass is 417 g/mol. The minimum absolute atomic E-state index is 0.0569. The van der Waals surface area contributed by atoms with E-state index in [0.29, 0.717) is 5.56 Å². The number of rotatable bonds is 6. The Bertz CT molecular complexity index is 949. The molecule has 0 fully saturated rings. The average Bonchev–Trinajstić information content (AvgIpc) is 2.75. The highest BCUT2D eigenvalue weighted by molar-refractivity contribution is 5.98. The molecule has 6 N–H and O–H groups in total. The molecule has 2 amide bonds. The van der Waals surface area contributed by atoms with Crippen LogP contribution in [0, 0.1) is 11.8 Å². The molecule has 2 rings (SSSR count). The quantitative estimate of drug-likeness (QED) is 0.274. The molecule has 2 atom stereocenters. The Morgan fingerprint density at radius 3 is 2.00 bits per heavy atom. The number of benzene rings is 2. The zero-order valence-electron chi connectivity index (χ0n) is 16.0. The number of halogens is 2. The first-order chi connectivity index (χ1) is 14.2. The second-order valence-corrected chi connectivity index (χ2v) is 6.73. The van der Waals surface area contributed by atoms with Gasteiger partial charge in [0.1, 0.15) is 11.6 Å². The van der Waals surface area contributed by atoms with Crippen molar-refractivity contribution in [3.63, 3.8) is 0 Å². The van der Waals surface area contributed by atoms with Gasteiger partial charge in [-0.25, -0.2) is 14.3 Å². The van der Waals surface area contributed by atoms with Crippen LogP contribution in [0.3, 0.4) is 0 Å². The first kappa shape index (κ1) is 23.0. The lowest BCUT2D eigenvalue weighted by Gasteiger charge is -2.32. The number of nitrogens with one attached hydrogen (secondary N) is 2. The maximum Gasteiger partial charge on any atom is 0.268 e. The number of carbonyl (C=O) groups is 2. The van der Waals surface area contributed by atoms with E-state index in [-0.39, 0.29) is 12.2 Å². The van der Waals surface area contributed by atoms with Crippen LogP contribution in [0.5, 0.6) is 0 Å². The van der Waals surface area contributed by atoms with Gasteiger partial charge in [-0.3, -0.25) is 14.8 Å². The summed E-state index contributed by atoms with van der Waals surface area (Å²) >= 11 is 0. The lowest BCUT2D eigenvalue weighted by Crippen LogP contribution is -2.66. The maximum atomic E-state index is 13.2. The summed E-state index contributed by atoms with van der Waals surface area (Å²) in [5.74, 6) is 3.77. The topological polar surface area (TPSA) is 125 Å². The number of carbonyl (C=O) groups excluding carboxylic acids is 2. The zero-order chi connectivity index (χ0) is 22.3. The van der Waals surface area contributed by atoms with Crippen LogP contribution < -0.4 is 16.5 Å². The van der Waals surface area contributed by atoms with Crippen LogP contribution >= 0.6 is 0 Å². The Morgan fingerprint density at radius 2 is 1.57 bits per heavy atom. The van der Waals surface area contributed by atoms with Crippen LogP contribution in [0.25, 0.3) is 0 Å². The Kier molecular flexibility index (Phi) is 7.60. The van der Waals surface area contributed by atoms with Crippen molar-refractivity contribution >= 4 is 11.8 Å². The molecule has 158 valence electrons. The second-order valence-electron chi connectivity index (χ2n) is 6.73. The molecule has 30 heavy (non-hydrogen) atoms. The molecule has 0 heterocycles. The summed E-state index contributed by atoms with van der Waals surface area (Å²) in [7, 11) is 0. The van der Waals surface area contributed by atoms with Gasteiger partial charge < -0.3 is 16.2 Å². The third kappa shape index (κ3) is 5.61. The lowest BCUT2D eigenvalue weighted by atomic mass is 9.92. The van der Waals surface area contributed by atoms with E-state index in [2.05, 4.69) is 17.2 Å². The average molecular weight is 417 g/mol. The summed E-state index contributed by atoms with van der Waals surface area (Å²) in [5.41, 5.74) is 6.50. The molecule has 2 aromatic carbocycles. The van der Waals surface area contributed by atoms with Gasteiger partial charge >= 0.3 is 0 Å². The predicted octanol–water partition coefficient (Wildman–Crippen LogP) is 1.16. The van der Waals surface area contributed by atoms with E-state index in [0.717, 1.165) is 18.1 Å². The minimum atomic E-state index is -3.14. The molecular formula is C21H21F2N3O4. The fourth-order valence-electron chi connectivity index (χ4n) is 2.45. The van der Waals surface area contributed by atoms with E-state index < -0.39 is 29.8 Å². The Labute approximate surface area is 171 Å². The Balaban J connectivity index is 2.14. The van der Waals surface area contributed by atoms with Crippen molar-refractivity contribution in [1.29, 1.82) is 0 Å². The lowest BCUT2D eigenvalue weighted by molar-refractivity contribution is -0.134. The van der Waals surface area contributed by atoms with E-state index in [1.54, 1.807) is 36.4 Å². The van der Waals surface area contributed by atoms with Crippen LogP contribution in [0.1, 0.15) is 34.0 Å². The number of amides is 2.